The molecular weight excluding hydrogens is 331 g/mol. The van der Waals surface area contributed by atoms with Gasteiger partial charge in [-0.25, -0.2) is 4.39 Å². The van der Waals surface area contributed by atoms with Crippen molar-refractivity contribution in [1.82, 2.24) is 9.88 Å². The van der Waals surface area contributed by atoms with Crippen LogP contribution in [0.5, 0.6) is 0 Å². The molecular formula is C21H21FN2O2. The maximum atomic E-state index is 13.9. The van der Waals surface area contributed by atoms with Crippen LogP contribution in [0.1, 0.15) is 35.3 Å². The van der Waals surface area contributed by atoms with Gasteiger partial charge in [0, 0.05) is 35.1 Å². The van der Waals surface area contributed by atoms with E-state index in [0.717, 1.165) is 16.5 Å². The van der Waals surface area contributed by atoms with Gasteiger partial charge in [0.2, 0.25) is 5.56 Å². The molecule has 134 valence electrons. The first kappa shape index (κ1) is 17.9. The van der Waals surface area contributed by atoms with E-state index < -0.39 is 5.82 Å². The number of amides is 1. The Morgan fingerprint density at radius 1 is 1.15 bits per heavy atom. The van der Waals surface area contributed by atoms with E-state index in [2.05, 4.69) is 4.98 Å². The number of nitrogens with zero attached hydrogens (tertiary/aromatic N) is 1. The molecule has 4 nitrogen and oxygen atoms in total. The number of carbonyl (C=O) groups is 1. The number of aromatic amines is 1. The number of para-hydroxylation sites is 1. The Bertz CT molecular complexity index is 1020. The predicted octanol–water partition coefficient (Wildman–Crippen LogP) is 4.03. The number of aromatic nitrogens is 1. The lowest BCUT2D eigenvalue weighted by molar-refractivity contribution is 0.0690. The number of rotatable bonds is 4. The lowest BCUT2D eigenvalue weighted by Crippen LogP contribution is -2.36. The molecule has 0 aliphatic heterocycles. The van der Waals surface area contributed by atoms with Crippen LogP contribution in [0.4, 0.5) is 4.39 Å². The number of pyridine rings is 1. The zero-order valence-corrected chi connectivity index (χ0v) is 15.0. The highest BCUT2D eigenvalue weighted by Gasteiger charge is 2.21. The zero-order chi connectivity index (χ0) is 18.8. The van der Waals surface area contributed by atoms with Crippen LogP contribution < -0.4 is 5.56 Å². The zero-order valence-electron chi connectivity index (χ0n) is 15.0. The van der Waals surface area contributed by atoms with E-state index >= 15 is 0 Å². The number of H-pyrrole nitrogens is 1. The first-order valence-corrected chi connectivity index (χ1v) is 8.55. The minimum absolute atomic E-state index is 0.107. The molecule has 0 aliphatic rings. The fraction of sp³-hybridized carbons (Fsp3) is 0.238. The third-order valence-electron chi connectivity index (χ3n) is 4.48. The van der Waals surface area contributed by atoms with Crippen LogP contribution in [0.3, 0.4) is 0 Å². The molecule has 0 spiro atoms. The SMILES string of the molecule is Cc1ccc(C(=O)N(Cc2cc(=O)[nH]c3ccccc23)C(C)C)cc1F. The number of aryl methyl sites for hydroxylation is 1. The van der Waals surface area contributed by atoms with Crippen LogP contribution in [0.25, 0.3) is 10.9 Å². The molecule has 0 bridgehead atoms. The fourth-order valence-corrected chi connectivity index (χ4v) is 2.97. The predicted molar refractivity (Wildman–Crippen MR) is 101 cm³/mol. The van der Waals surface area contributed by atoms with Crippen molar-refractivity contribution in [3.8, 4) is 0 Å². The lowest BCUT2D eigenvalue weighted by Gasteiger charge is -2.27. The van der Waals surface area contributed by atoms with Gasteiger partial charge in [0.1, 0.15) is 5.82 Å². The quantitative estimate of drug-likeness (QED) is 0.771. The molecule has 0 unspecified atom stereocenters. The van der Waals surface area contributed by atoms with Gasteiger partial charge in [-0.3, -0.25) is 9.59 Å². The number of benzene rings is 2. The average Bonchev–Trinajstić information content (AvgIpc) is 2.60. The summed E-state index contributed by atoms with van der Waals surface area (Å²) in [5.74, 6) is -0.663. The minimum Gasteiger partial charge on any atom is -0.332 e. The summed E-state index contributed by atoms with van der Waals surface area (Å²) in [5.41, 5.74) is 2.08. The molecule has 5 heteroatoms. The van der Waals surface area contributed by atoms with E-state index in [9.17, 15) is 14.0 Å². The molecule has 1 N–H and O–H groups in total. The summed E-state index contributed by atoms with van der Waals surface area (Å²) in [6.45, 7) is 5.73. The molecule has 0 saturated heterocycles. The van der Waals surface area contributed by atoms with Crippen LogP contribution >= 0.6 is 0 Å². The van der Waals surface area contributed by atoms with Crippen LogP contribution in [0.15, 0.2) is 53.3 Å². The number of carbonyl (C=O) groups excluding carboxylic acids is 1. The molecule has 1 heterocycles. The van der Waals surface area contributed by atoms with E-state index in [1.165, 1.54) is 12.1 Å². The summed E-state index contributed by atoms with van der Waals surface area (Å²) in [7, 11) is 0. The van der Waals surface area contributed by atoms with Crippen LogP contribution in [0, 0.1) is 12.7 Å². The van der Waals surface area contributed by atoms with Crippen LogP contribution in [-0.4, -0.2) is 21.8 Å². The summed E-state index contributed by atoms with van der Waals surface area (Å²) < 4.78 is 13.9. The van der Waals surface area contributed by atoms with E-state index in [1.807, 2.05) is 38.1 Å². The summed E-state index contributed by atoms with van der Waals surface area (Å²) in [5, 5.41) is 0.889. The number of fused-ring (bicyclic) bond motifs is 1. The van der Waals surface area contributed by atoms with Gasteiger partial charge in [-0.15, -0.1) is 0 Å². The molecule has 0 aliphatic carbocycles. The maximum Gasteiger partial charge on any atom is 0.254 e. The minimum atomic E-state index is -0.402. The maximum absolute atomic E-state index is 13.9. The Morgan fingerprint density at radius 3 is 2.58 bits per heavy atom. The number of halogens is 1. The van der Waals surface area contributed by atoms with Crippen molar-refractivity contribution in [3.05, 3.63) is 81.4 Å². The van der Waals surface area contributed by atoms with Crippen molar-refractivity contribution >= 4 is 16.8 Å². The Hall–Kier alpha value is -2.95. The van der Waals surface area contributed by atoms with Gasteiger partial charge >= 0.3 is 0 Å². The van der Waals surface area contributed by atoms with E-state index in [0.29, 0.717) is 11.1 Å². The van der Waals surface area contributed by atoms with E-state index in [4.69, 9.17) is 0 Å². The van der Waals surface area contributed by atoms with Gasteiger partial charge in [0.05, 0.1) is 0 Å². The normalized spacial score (nSPS) is 11.1. The molecule has 1 aromatic heterocycles. The first-order valence-electron chi connectivity index (χ1n) is 8.55. The van der Waals surface area contributed by atoms with Gasteiger partial charge in [0.25, 0.3) is 5.91 Å². The molecule has 0 atom stereocenters. The average molecular weight is 352 g/mol. The lowest BCUT2D eigenvalue weighted by atomic mass is 10.1. The van der Waals surface area contributed by atoms with E-state index in [1.54, 1.807) is 24.0 Å². The van der Waals surface area contributed by atoms with Crippen molar-refractivity contribution in [2.24, 2.45) is 0 Å². The van der Waals surface area contributed by atoms with Crippen molar-refractivity contribution in [3.63, 3.8) is 0 Å². The van der Waals surface area contributed by atoms with Crippen molar-refractivity contribution < 1.29 is 9.18 Å². The Balaban J connectivity index is 2.01. The van der Waals surface area contributed by atoms with Gasteiger partial charge in [-0.1, -0.05) is 24.3 Å². The van der Waals surface area contributed by atoms with E-state index in [-0.39, 0.29) is 24.1 Å². The molecule has 26 heavy (non-hydrogen) atoms. The first-order chi connectivity index (χ1) is 12.4. The van der Waals surface area contributed by atoms with Crippen molar-refractivity contribution in [2.75, 3.05) is 0 Å². The molecule has 3 rings (SSSR count). The molecule has 1 amide bonds. The van der Waals surface area contributed by atoms with Crippen LogP contribution in [-0.2, 0) is 6.54 Å². The second-order valence-corrected chi connectivity index (χ2v) is 6.70. The Morgan fingerprint density at radius 2 is 1.88 bits per heavy atom. The topological polar surface area (TPSA) is 53.2 Å². The molecule has 0 radical (unpaired) electrons. The second-order valence-electron chi connectivity index (χ2n) is 6.70. The van der Waals surface area contributed by atoms with Crippen molar-refractivity contribution in [1.29, 1.82) is 0 Å². The van der Waals surface area contributed by atoms with Gasteiger partial charge in [-0.05, 0) is 50.1 Å². The Labute approximate surface area is 151 Å². The highest BCUT2D eigenvalue weighted by Crippen LogP contribution is 2.20. The standard InChI is InChI=1S/C21H21FN2O2/c1-13(2)24(21(26)15-9-8-14(3)18(22)10-15)12-16-11-20(25)23-19-7-5-4-6-17(16)19/h4-11,13H,12H2,1-3H3,(H,23,25). The monoisotopic (exact) mass is 352 g/mol. The molecule has 2 aromatic carbocycles. The molecule has 3 aromatic rings. The summed E-state index contributed by atoms with van der Waals surface area (Å²) in [4.78, 5) is 29.4. The van der Waals surface area contributed by atoms with Gasteiger partial charge < -0.3 is 9.88 Å². The smallest absolute Gasteiger partial charge is 0.254 e. The van der Waals surface area contributed by atoms with Gasteiger partial charge in [0.15, 0.2) is 0 Å². The Kier molecular flexibility index (Phi) is 4.89. The third kappa shape index (κ3) is 3.52. The fourth-order valence-electron chi connectivity index (χ4n) is 2.97. The number of hydrogen-bond acceptors (Lipinski definition) is 2. The summed E-state index contributed by atoms with van der Waals surface area (Å²) in [6.07, 6.45) is 0. The number of nitrogens with one attached hydrogen (secondary N) is 1. The highest BCUT2D eigenvalue weighted by molar-refractivity contribution is 5.94. The summed E-state index contributed by atoms with van der Waals surface area (Å²) in [6, 6.07) is 13.4. The third-order valence-corrected chi connectivity index (χ3v) is 4.48. The van der Waals surface area contributed by atoms with Gasteiger partial charge in [-0.2, -0.15) is 0 Å². The van der Waals surface area contributed by atoms with Crippen LogP contribution in [0.2, 0.25) is 0 Å². The number of hydrogen-bond donors (Lipinski definition) is 1. The van der Waals surface area contributed by atoms with Crippen molar-refractivity contribution in [2.45, 2.75) is 33.4 Å². The second kappa shape index (κ2) is 7.12. The highest BCUT2D eigenvalue weighted by atomic mass is 19.1. The molecule has 0 saturated carbocycles. The largest absolute Gasteiger partial charge is 0.332 e. The molecule has 0 fully saturated rings. The summed E-state index contributed by atoms with van der Waals surface area (Å²) >= 11 is 0.